The molecule has 2 aromatic rings. The first-order valence-corrected chi connectivity index (χ1v) is 7.40. The van der Waals surface area contributed by atoms with Gasteiger partial charge in [-0.3, -0.25) is 0 Å². The molecule has 0 saturated carbocycles. The molecule has 0 aliphatic heterocycles. The molecule has 0 radical (unpaired) electrons. The maximum atomic E-state index is 12.9. The van der Waals surface area contributed by atoms with E-state index in [1.54, 1.807) is 12.1 Å². The molecule has 2 rings (SSSR count). The summed E-state index contributed by atoms with van der Waals surface area (Å²) in [6.45, 7) is 6.39. The van der Waals surface area contributed by atoms with Crippen molar-refractivity contribution in [3.63, 3.8) is 0 Å². The highest BCUT2D eigenvalue weighted by molar-refractivity contribution is 5.47. The monoisotopic (exact) mass is 286 g/mol. The van der Waals surface area contributed by atoms with Crippen molar-refractivity contribution >= 4 is 11.4 Å². The summed E-state index contributed by atoms with van der Waals surface area (Å²) in [6.07, 6.45) is 0.922. The second kappa shape index (κ2) is 7.11. The summed E-state index contributed by atoms with van der Waals surface area (Å²) >= 11 is 0. The predicted molar refractivity (Wildman–Crippen MR) is 88.4 cm³/mol. The van der Waals surface area contributed by atoms with Gasteiger partial charge in [0, 0.05) is 23.5 Å². The van der Waals surface area contributed by atoms with Gasteiger partial charge in [-0.05, 0) is 69.2 Å². The van der Waals surface area contributed by atoms with Gasteiger partial charge in [-0.1, -0.05) is 12.1 Å². The van der Waals surface area contributed by atoms with Crippen molar-refractivity contribution in [1.29, 1.82) is 0 Å². The van der Waals surface area contributed by atoms with Crippen molar-refractivity contribution in [3.05, 3.63) is 59.9 Å². The molecule has 0 bridgehead atoms. The highest BCUT2D eigenvalue weighted by Crippen LogP contribution is 2.16. The molecule has 0 amide bonds. The first-order valence-electron chi connectivity index (χ1n) is 7.40. The topological polar surface area (TPSA) is 24.1 Å². The third-order valence-corrected chi connectivity index (χ3v) is 3.18. The van der Waals surface area contributed by atoms with E-state index in [4.69, 9.17) is 0 Å². The second-order valence-corrected chi connectivity index (χ2v) is 5.76. The number of benzene rings is 2. The molecule has 112 valence electrons. The Labute approximate surface area is 126 Å². The van der Waals surface area contributed by atoms with Crippen molar-refractivity contribution in [2.75, 3.05) is 10.6 Å². The minimum absolute atomic E-state index is 0.208. The molecule has 0 aliphatic rings. The molecule has 3 heteroatoms. The molecular weight excluding hydrogens is 263 g/mol. The van der Waals surface area contributed by atoms with Crippen LogP contribution < -0.4 is 10.6 Å². The van der Waals surface area contributed by atoms with Crippen LogP contribution in [0, 0.1) is 5.82 Å². The first kappa shape index (κ1) is 15.4. The minimum atomic E-state index is -0.208. The fraction of sp³-hybridized carbons (Fsp3) is 0.333. The Morgan fingerprint density at radius 1 is 0.905 bits per heavy atom. The lowest BCUT2D eigenvalue weighted by atomic mass is 10.1. The highest BCUT2D eigenvalue weighted by atomic mass is 19.1. The number of halogens is 1. The van der Waals surface area contributed by atoms with Gasteiger partial charge >= 0.3 is 0 Å². The summed E-state index contributed by atoms with van der Waals surface area (Å²) in [6, 6.07) is 15.7. The maximum absolute atomic E-state index is 12.9. The van der Waals surface area contributed by atoms with Crippen molar-refractivity contribution in [2.45, 2.75) is 39.3 Å². The Morgan fingerprint density at radius 2 is 1.62 bits per heavy atom. The van der Waals surface area contributed by atoms with Crippen LogP contribution in [0.15, 0.2) is 48.5 Å². The molecule has 0 heterocycles. The van der Waals surface area contributed by atoms with Gasteiger partial charge < -0.3 is 10.6 Å². The molecular formula is C18H23FN2. The Morgan fingerprint density at radius 3 is 2.29 bits per heavy atom. The lowest BCUT2D eigenvalue weighted by Gasteiger charge is -2.17. The normalized spacial score (nSPS) is 12.2. The molecule has 0 aromatic heterocycles. The van der Waals surface area contributed by atoms with Crippen molar-refractivity contribution in [1.82, 2.24) is 0 Å². The number of rotatable bonds is 6. The fourth-order valence-electron chi connectivity index (χ4n) is 2.36. The molecule has 21 heavy (non-hydrogen) atoms. The van der Waals surface area contributed by atoms with Gasteiger partial charge in [-0.2, -0.15) is 0 Å². The average molecular weight is 286 g/mol. The molecule has 0 spiro atoms. The highest BCUT2D eigenvalue weighted by Gasteiger charge is 2.05. The van der Waals surface area contributed by atoms with E-state index in [0.717, 1.165) is 17.8 Å². The Balaban J connectivity index is 1.95. The lowest BCUT2D eigenvalue weighted by Crippen LogP contribution is -2.18. The Kier molecular flexibility index (Phi) is 5.20. The number of nitrogens with one attached hydrogen (secondary N) is 2. The predicted octanol–water partition coefficient (Wildman–Crippen LogP) is 4.69. The second-order valence-electron chi connectivity index (χ2n) is 5.76. The third kappa shape index (κ3) is 5.10. The average Bonchev–Trinajstić information content (AvgIpc) is 2.41. The van der Waals surface area contributed by atoms with Crippen LogP contribution in [0.4, 0.5) is 15.8 Å². The molecule has 2 N–H and O–H groups in total. The van der Waals surface area contributed by atoms with Gasteiger partial charge in [0.25, 0.3) is 0 Å². The molecule has 2 nitrogen and oxygen atoms in total. The van der Waals surface area contributed by atoms with Crippen LogP contribution in [-0.4, -0.2) is 12.1 Å². The zero-order valence-electron chi connectivity index (χ0n) is 12.9. The van der Waals surface area contributed by atoms with E-state index in [-0.39, 0.29) is 11.9 Å². The summed E-state index contributed by atoms with van der Waals surface area (Å²) in [5.41, 5.74) is 3.37. The molecule has 0 aliphatic carbocycles. The SMILES string of the molecule is CC(C)Nc1cccc(CC(C)Nc2ccc(F)cc2)c1. The number of hydrogen-bond acceptors (Lipinski definition) is 2. The van der Waals surface area contributed by atoms with Crippen molar-refractivity contribution in [3.8, 4) is 0 Å². The molecule has 2 aromatic carbocycles. The van der Waals surface area contributed by atoms with Crippen LogP contribution in [-0.2, 0) is 6.42 Å². The van der Waals surface area contributed by atoms with Crippen LogP contribution in [0.1, 0.15) is 26.3 Å². The van der Waals surface area contributed by atoms with Crippen molar-refractivity contribution in [2.24, 2.45) is 0 Å². The smallest absolute Gasteiger partial charge is 0.123 e. The summed E-state index contributed by atoms with van der Waals surface area (Å²) in [4.78, 5) is 0. The summed E-state index contributed by atoms with van der Waals surface area (Å²) < 4.78 is 12.9. The first-order chi connectivity index (χ1) is 10.0. The van der Waals surface area contributed by atoms with Crippen LogP contribution in [0.25, 0.3) is 0 Å². The quantitative estimate of drug-likeness (QED) is 0.805. The van der Waals surface area contributed by atoms with Gasteiger partial charge in [-0.15, -0.1) is 0 Å². The van der Waals surface area contributed by atoms with Crippen LogP contribution >= 0.6 is 0 Å². The molecule has 1 unspecified atom stereocenters. The van der Waals surface area contributed by atoms with Gasteiger partial charge in [0.1, 0.15) is 5.82 Å². The van der Waals surface area contributed by atoms with Gasteiger partial charge in [0.05, 0.1) is 0 Å². The van der Waals surface area contributed by atoms with Crippen molar-refractivity contribution < 1.29 is 4.39 Å². The van der Waals surface area contributed by atoms with E-state index in [0.29, 0.717) is 6.04 Å². The van der Waals surface area contributed by atoms with E-state index >= 15 is 0 Å². The number of anilines is 2. The maximum Gasteiger partial charge on any atom is 0.123 e. The Hall–Kier alpha value is -2.03. The third-order valence-electron chi connectivity index (χ3n) is 3.18. The molecule has 0 fully saturated rings. The molecule has 1 atom stereocenters. The lowest BCUT2D eigenvalue weighted by molar-refractivity contribution is 0.628. The Bertz CT molecular complexity index is 564. The van der Waals surface area contributed by atoms with E-state index < -0.39 is 0 Å². The minimum Gasteiger partial charge on any atom is -0.383 e. The zero-order chi connectivity index (χ0) is 15.2. The van der Waals surface area contributed by atoms with Crippen LogP contribution in [0.3, 0.4) is 0 Å². The van der Waals surface area contributed by atoms with E-state index in [9.17, 15) is 4.39 Å². The van der Waals surface area contributed by atoms with E-state index in [1.807, 2.05) is 0 Å². The fourth-order valence-corrected chi connectivity index (χ4v) is 2.36. The van der Waals surface area contributed by atoms with Crippen LogP contribution in [0.2, 0.25) is 0 Å². The van der Waals surface area contributed by atoms with E-state index in [2.05, 4.69) is 55.7 Å². The standard InChI is InChI=1S/C18H23FN2/c1-13(2)20-18-6-4-5-15(12-18)11-14(3)21-17-9-7-16(19)8-10-17/h4-10,12-14,20-21H,11H2,1-3H3. The van der Waals surface area contributed by atoms with Gasteiger partial charge in [-0.25, -0.2) is 4.39 Å². The summed E-state index contributed by atoms with van der Waals surface area (Å²) in [5.74, 6) is -0.208. The number of hydrogen-bond donors (Lipinski definition) is 2. The van der Waals surface area contributed by atoms with Crippen LogP contribution in [0.5, 0.6) is 0 Å². The summed E-state index contributed by atoms with van der Waals surface area (Å²) in [5, 5.41) is 6.80. The van der Waals surface area contributed by atoms with Gasteiger partial charge in [0.2, 0.25) is 0 Å². The van der Waals surface area contributed by atoms with Gasteiger partial charge in [0.15, 0.2) is 0 Å². The van der Waals surface area contributed by atoms with E-state index in [1.165, 1.54) is 17.7 Å². The largest absolute Gasteiger partial charge is 0.383 e. The zero-order valence-corrected chi connectivity index (χ0v) is 12.9. The molecule has 0 saturated heterocycles. The summed E-state index contributed by atoms with van der Waals surface area (Å²) in [7, 11) is 0.